The molecule has 0 saturated heterocycles. The Kier molecular flexibility index (Phi) is 4.97. The van der Waals surface area contributed by atoms with Gasteiger partial charge in [0.05, 0.1) is 19.0 Å². The normalized spacial score (nSPS) is 10.5. The Bertz CT molecular complexity index is 776. The number of carbonyl (C=O) groups is 2. The number of alkyl halides is 2. The minimum Gasteiger partial charge on any atom is -0.493 e. The summed E-state index contributed by atoms with van der Waals surface area (Å²) >= 11 is 0. The zero-order valence-corrected chi connectivity index (χ0v) is 12.6. The van der Waals surface area contributed by atoms with Crippen LogP contribution in [0.5, 0.6) is 11.5 Å². The lowest BCUT2D eigenvalue weighted by molar-refractivity contribution is -0.0512. The molecule has 8 nitrogen and oxygen atoms in total. The second-order valence-electron chi connectivity index (χ2n) is 4.53. The summed E-state index contributed by atoms with van der Waals surface area (Å²) in [5, 5.41) is 15.3. The molecule has 0 fully saturated rings. The number of methoxy groups -OCH3 is 1. The van der Waals surface area contributed by atoms with E-state index in [1.165, 1.54) is 32.5 Å². The van der Waals surface area contributed by atoms with Crippen LogP contribution in [0, 0.1) is 0 Å². The summed E-state index contributed by atoms with van der Waals surface area (Å²) in [6.07, 6.45) is 1.19. The first-order chi connectivity index (χ1) is 11.3. The Morgan fingerprint density at radius 1 is 1.33 bits per heavy atom. The van der Waals surface area contributed by atoms with E-state index in [1.54, 1.807) is 0 Å². The highest BCUT2D eigenvalue weighted by atomic mass is 19.3. The zero-order valence-electron chi connectivity index (χ0n) is 12.6. The van der Waals surface area contributed by atoms with Crippen LogP contribution in [0.2, 0.25) is 0 Å². The number of rotatable bonds is 6. The Labute approximate surface area is 134 Å². The van der Waals surface area contributed by atoms with Crippen molar-refractivity contribution in [3.05, 3.63) is 35.7 Å². The average molecular weight is 341 g/mol. The summed E-state index contributed by atoms with van der Waals surface area (Å²) in [5.74, 6) is -2.21. The Balaban J connectivity index is 2.26. The number of anilines is 1. The molecule has 0 bridgehead atoms. The van der Waals surface area contributed by atoms with Gasteiger partial charge in [-0.05, 0) is 18.2 Å². The molecule has 0 aliphatic rings. The molecule has 0 aliphatic carbocycles. The van der Waals surface area contributed by atoms with Crippen LogP contribution >= 0.6 is 0 Å². The number of benzene rings is 1. The quantitative estimate of drug-likeness (QED) is 0.833. The van der Waals surface area contributed by atoms with Crippen molar-refractivity contribution < 1.29 is 33.0 Å². The summed E-state index contributed by atoms with van der Waals surface area (Å²) in [5.41, 5.74) is -0.136. The third-order valence-corrected chi connectivity index (χ3v) is 3.03. The van der Waals surface area contributed by atoms with Gasteiger partial charge in [-0.2, -0.15) is 13.9 Å². The van der Waals surface area contributed by atoms with Gasteiger partial charge >= 0.3 is 12.6 Å². The first-order valence-electron chi connectivity index (χ1n) is 6.53. The van der Waals surface area contributed by atoms with Gasteiger partial charge in [0.2, 0.25) is 0 Å². The van der Waals surface area contributed by atoms with Crippen LogP contribution in [0.25, 0.3) is 0 Å². The number of aromatic carboxylic acids is 1. The van der Waals surface area contributed by atoms with Crippen LogP contribution in [-0.2, 0) is 7.05 Å². The van der Waals surface area contributed by atoms with Gasteiger partial charge in [0.15, 0.2) is 17.2 Å². The fourth-order valence-corrected chi connectivity index (χ4v) is 1.98. The number of hydrogen-bond acceptors (Lipinski definition) is 5. The molecule has 0 spiro atoms. The van der Waals surface area contributed by atoms with Crippen molar-refractivity contribution in [1.29, 1.82) is 0 Å². The number of aromatic nitrogens is 2. The van der Waals surface area contributed by atoms with Crippen molar-refractivity contribution in [2.75, 3.05) is 12.4 Å². The molecule has 2 aromatic rings. The number of ether oxygens (including phenoxy) is 2. The molecule has 128 valence electrons. The predicted octanol–water partition coefficient (Wildman–Crippen LogP) is 1.98. The number of halogens is 2. The van der Waals surface area contributed by atoms with E-state index < -0.39 is 18.5 Å². The van der Waals surface area contributed by atoms with Gasteiger partial charge in [-0.25, -0.2) is 4.79 Å². The SMILES string of the molecule is COc1cc(C(=O)Nc2cnn(C)c2C(=O)O)ccc1OC(F)F. The van der Waals surface area contributed by atoms with Crippen LogP contribution in [0.15, 0.2) is 24.4 Å². The highest BCUT2D eigenvalue weighted by Crippen LogP contribution is 2.29. The zero-order chi connectivity index (χ0) is 17.9. The highest BCUT2D eigenvalue weighted by Gasteiger charge is 2.19. The van der Waals surface area contributed by atoms with Crippen molar-refractivity contribution in [1.82, 2.24) is 9.78 Å². The number of carboxylic acids is 1. The topological polar surface area (TPSA) is 103 Å². The van der Waals surface area contributed by atoms with Gasteiger partial charge in [-0.3, -0.25) is 9.48 Å². The van der Waals surface area contributed by atoms with Crippen LogP contribution in [0.1, 0.15) is 20.8 Å². The molecule has 1 amide bonds. The number of hydrogen-bond donors (Lipinski definition) is 2. The number of nitrogens with zero attached hydrogens (tertiary/aromatic N) is 2. The standard InChI is InChI=1S/C14H13F2N3O5/c1-19-11(13(21)22)8(6-17-19)18-12(20)7-3-4-9(24-14(15)16)10(5-7)23-2/h3-6,14H,1-2H3,(H,18,20)(H,21,22). The summed E-state index contributed by atoms with van der Waals surface area (Å²) in [4.78, 5) is 23.4. The first kappa shape index (κ1) is 17.2. The van der Waals surface area contributed by atoms with Gasteiger partial charge in [0.25, 0.3) is 5.91 Å². The maximum atomic E-state index is 12.3. The molecule has 1 heterocycles. The van der Waals surface area contributed by atoms with Crippen molar-refractivity contribution >= 4 is 17.6 Å². The minimum absolute atomic E-state index is 0.00173. The molecule has 0 radical (unpaired) electrons. The first-order valence-corrected chi connectivity index (χ1v) is 6.53. The second kappa shape index (κ2) is 6.94. The fourth-order valence-electron chi connectivity index (χ4n) is 1.98. The van der Waals surface area contributed by atoms with Crippen LogP contribution in [0.4, 0.5) is 14.5 Å². The van der Waals surface area contributed by atoms with Gasteiger partial charge in [-0.1, -0.05) is 0 Å². The van der Waals surface area contributed by atoms with Gasteiger partial charge in [-0.15, -0.1) is 0 Å². The lowest BCUT2D eigenvalue weighted by Gasteiger charge is -2.11. The highest BCUT2D eigenvalue weighted by molar-refractivity contribution is 6.07. The van der Waals surface area contributed by atoms with E-state index in [1.807, 2.05) is 0 Å². The van der Waals surface area contributed by atoms with Crippen molar-refractivity contribution in [2.45, 2.75) is 6.61 Å². The van der Waals surface area contributed by atoms with Crippen molar-refractivity contribution in [3.8, 4) is 11.5 Å². The van der Waals surface area contributed by atoms with Crippen molar-refractivity contribution in [3.63, 3.8) is 0 Å². The van der Waals surface area contributed by atoms with E-state index in [-0.39, 0.29) is 28.4 Å². The molecule has 0 saturated carbocycles. The maximum Gasteiger partial charge on any atom is 0.387 e. The Morgan fingerprint density at radius 3 is 2.62 bits per heavy atom. The molecule has 24 heavy (non-hydrogen) atoms. The lowest BCUT2D eigenvalue weighted by Crippen LogP contribution is -2.15. The van der Waals surface area contributed by atoms with Gasteiger partial charge in [0.1, 0.15) is 0 Å². The molecular weight excluding hydrogens is 328 g/mol. The molecule has 1 aromatic heterocycles. The van der Waals surface area contributed by atoms with Crippen molar-refractivity contribution in [2.24, 2.45) is 7.05 Å². The largest absolute Gasteiger partial charge is 0.493 e. The predicted molar refractivity (Wildman–Crippen MR) is 77.7 cm³/mol. The average Bonchev–Trinajstić information content (AvgIpc) is 2.87. The third kappa shape index (κ3) is 3.59. The Morgan fingerprint density at radius 2 is 2.04 bits per heavy atom. The maximum absolute atomic E-state index is 12.3. The number of aryl methyl sites for hydroxylation is 1. The summed E-state index contributed by atoms with van der Waals surface area (Å²) in [6.45, 7) is -3.04. The third-order valence-electron chi connectivity index (χ3n) is 3.03. The molecule has 0 atom stereocenters. The molecule has 2 rings (SSSR count). The Hall–Kier alpha value is -3.17. The smallest absolute Gasteiger partial charge is 0.387 e. The summed E-state index contributed by atoms with van der Waals surface area (Å²) in [7, 11) is 2.65. The number of nitrogens with one attached hydrogen (secondary N) is 1. The van der Waals surface area contributed by atoms with E-state index in [4.69, 9.17) is 9.84 Å². The summed E-state index contributed by atoms with van der Waals surface area (Å²) < 4.78 is 34.8. The van der Waals surface area contributed by atoms with Gasteiger partial charge < -0.3 is 19.9 Å². The molecule has 1 aromatic carbocycles. The number of amides is 1. The molecule has 10 heteroatoms. The van der Waals surface area contributed by atoms with E-state index >= 15 is 0 Å². The molecular formula is C14H13F2N3O5. The van der Waals surface area contributed by atoms with E-state index in [2.05, 4.69) is 15.2 Å². The summed E-state index contributed by atoms with van der Waals surface area (Å²) in [6, 6.07) is 3.59. The molecule has 0 unspecified atom stereocenters. The van der Waals surface area contributed by atoms with Crippen LogP contribution < -0.4 is 14.8 Å². The number of carboxylic acid groups (broad SMARTS) is 1. The lowest BCUT2D eigenvalue weighted by atomic mass is 10.2. The van der Waals surface area contributed by atoms with Gasteiger partial charge in [0, 0.05) is 12.6 Å². The minimum atomic E-state index is -3.04. The molecule has 0 aliphatic heterocycles. The van der Waals surface area contributed by atoms with E-state index in [0.717, 1.165) is 10.7 Å². The van der Waals surface area contributed by atoms with Crippen LogP contribution in [0.3, 0.4) is 0 Å². The monoisotopic (exact) mass is 341 g/mol. The van der Waals surface area contributed by atoms with Crippen LogP contribution in [-0.4, -0.2) is 40.5 Å². The van der Waals surface area contributed by atoms with E-state index in [0.29, 0.717) is 0 Å². The molecule has 2 N–H and O–H groups in total. The number of carbonyl (C=O) groups excluding carboxylic acids is 1. The second-order valence-corrected chi connectivity index (χ2v) is 4.53. The fraction of sp³-hybridized carbons (Fsp3) is 0.214. The van der Waals surface area contributed by atoms with E-state index in [9.17, 15) is 18.4 Å².